The predicted molar refractivity (Wildman–Crippen MR) is 59.5 cm³/mol. The van der Waals surface area contributed by atoms with Crippen molar-refractivity contribution in [2.24, 2.45) is 0 Å². The van der Waals surface area contributed by atoms with E-state index < -0.39 is 5.54 Å². The lowest BCUT2D eigenvalue weighted by molar-refractivity contribution is -0.124. The number of hydrogen-bond donors (Lipinski definition) is 3. The molecule has 1 amide bonds. The van der Waals surface area contributed by atoms with Gasteiger partial charge in [0, 0.05) is 6.42 Å². The van der Waals surface area contributed by atoms with Crippen LogP contribution in [0.15, 0.2) is 0 Å². The fourth-order valence-corrected chi connectivity index (χ4v) is 1.33. The summed E-state index contributed by atoms with van der Waals surface area (Å²) in [4.78, 5) is 11.5. The fraction of sp³-hybridized carbons (Fsp3) is 0.909. The molecule has 0 aromatic carbocycles. The topological polar surface area (TPSA) is 69.6 Å². The SMILES string of the molecule is CCCCCC(=O)NC(CC)(CO)CO. The molecular weight excluding hydrogens is 194 g/mol. The summed E-state index contributed by atoms with van der Waals surface area (Å²) in [5.74, 6) is -0.0894. The van der Waals surface area contributed by atoms with E-state index in [9.17, 15) is 4.79 Å². The van der Waals surface area contributed by atoms with Crippen molar-refractivity contribution < 1.29 is 15.0 Å². The average Bonchev–Trinajstić information content (AvgIpc) is 2.26. The zero-order valence-electron chi connectivity index (χ0n) is 9.75. The van der Waals surface area contributed by atoms with Gasteiger partial charge in [-0.25, -0.2) is 0 Å². The summed E-state index contributed by atoms with van der Waals surface area (Å²) >= 11 is 0. The van der Waals surface area contributed by atoms with Crippen molar-refractivity contribution in [1.29, 1.82) is 0 Å². The number of carbonyl (C=O) groups excluding carboxylic acids is 1. The second-order valence-corrected chi connectivity index (χ2v) is 3.96. The zero-order valence-corrected chi connectivity index (χ0v) is 9.75. The maximum absolute atomic E-state index is 11.5. The first-order chi connectivity index (χ1) is 7.14. The molecule has 0 bridgehead atoms. The number of amides is 1. The lowest BCUT2D eigenvalue weighted by atomic mass is 9.98. The Hall–Kier alpha value is -0.610. The molecule has 0 spiro atoms. The second-order valence-electron chi connectivity index (χ2n) is 3.96. The van der Waals surface area contributed by atoms with E-state index in [0.29, 0.717) is 12.8 Å². The Labute approximate surface area is 91.7 Å². The van der Waals surface area contributed by atoms with E-state index in [1.807, 2.05) is 6.92 Å². The minimum Gasteiger partial charge on any atom is -0.394 e. The van der Waals surface area contributed by atoms with Crippen molar-refractivity contribution in [1.82, 2.24) is 5.32 Å². The van der Waals surface area contributed by atoms with Crippen LogP contribution in [0.4, 0.5) is 0 Å². The third-order valence-electron chi connectivity index (χ3n) is 2.69. The van der Waals surface area contributed by atoms with Gasteiger partial charge in [-0.05, 0) is 12.8 Å². The van der Waals surface area contributed by atoms with E-state index in [0.717, 1.165) is 19.3 Å². The summed E-state index contributed by atoms with van der Waals surface area (Å²) in [7, 11) is 0. The number of rotatable bonds is 8. The van der Waals surface area contributed by atoms with Gasteiger partial charge in [-0.3, -0.25) is 4.79 Å². The molecule has 0 aliphatic carbocycles. The molecule has 0 aromatic rings. The molecule has 0 aliphatic heterocycles. The number of aliphatic hydroxyl groups excluding tert-OH is 2. The van der Waals surface area contributed by atoms with Crippen LogP contribution in [-0.2, 0) is 4.79 Å². The van der Waals surface area contributed by atoms with Crippen molar-refractivity contribution in [3.8, 4) is 0 Å². The van der Waals surface area contributed by atoms with Gasteiger partial charge in [0.25, 0.3) is 0 Å². The highest BCUT2D eigenvalue weighted by molar-refractivity contribution is 5.76. The lowest BCUT2D eigenvalue weighted by Gasteiger charge is -2.29. The van der Waals surface area contributed by atoms with E-state index >= 15 is 0 Å². The van der Waals surface area contributed by atoms with Crippen molar-refractivity contribution in [2.75, 3.05) is 13.2 Å². The monoisotopic (exact) mass is 217 g/mol. The van der Waals surface area contributed by atoms with Crippen LogP contribution in [0.2, 0.25) is 0 Å². The molecule has 0 fully saturated rings. The maximum atomic E-state index is 11.5. The number of aliphatic hydroxyl groups is 2. The molecule has 0 saturated heterocycles. The van der Waals surface area contributed by atoms with Crippen molar-refractivity contribution in [3.05, 3.63) is 0 Å². The largest absolute Gasteiger partial charge is 0.394 e. The van der Waals surface area contributed by atoms with Gasteiger partial charge >= 0.3 is 0 Å². The Morgan fingerprint density at radius 2 is 1.80 bits per heavy atom. The van der Waals surface area contributed by atoms with Gasteiger partial charge in [0.2, 0.25) is 5.91 Å². The third kappa shape index (κ3) is 5.14. The highest BCUT2D eigenvalue weighted by Gasteiger charge is 2.27. The first-order valence-corrected chi connectivity index (χ1v) is 5.67. The van der Waals surface area contributed by atoms with Crippen LogP contribution >= 0.6 is 0 Å². The molecule has 4 nitrogen and oxygen atoms in total. The molecule has 0 unspecified atom stereocenters. The molecule has 0 aliphatic rings. The van der Waals surface area contributed by atoms with E-state index in [1.54, 1.807) is 0 Å². The average molecular weight is 217 g/mol. The molecule has 0 saturated carbocycles. The quantitative estimate of drug-likeness (QED) is 0.527. The fourth-order valence-electron chi connectivity index (χ4n) is 1.33. The Kier molecular flexibility index (Phi) is 7.34. The lowest BCUT2D eigenvalue weighted by Crippen LogP contribution is -2.53. The smallest absolute Gasteiger partial charge is 0.220 e. The van der Waals surface area contributed by atoms with Gasteiger partial charge in [0.05, 0.1) is 18.8 Å². The molecule has 0 rings (SSSR count). The van der Waals surface area contributed by atoms with Gasteiger partial charge in [-0.15, -0.1) is 0 Å². The van der Waals surface area contributed by atoms with Crippen LogP contribution in [0.5, 0.6) is 0 Å². The summed E-state index contributed by atoms with van der Waals surface area (Å²) in [5, 5.41) is 20.9. The van der Waals surface area contributed by atoms with Crippen molar-refractivity contribution in [3.63, 3.8) is 0 Å². The van der Waals surface area contributed by atoms with Crippen molar-refractivity contribution >= 4 is 5.91 Å². The summed E-state index contributed by atoms with van der Waals surface area (Å²) in [6, 6.07) is 0. The molecule has 15 heavy (non-hydrogen) atoms. The second kappa shape index (κ2) is 7.65. The summed E-state index contributed by atoms with van der Waals surface area (Å²) in [6.07, 6.45) is 3.96. The molecule has 0 heterocycles. The first kappa shape index (κ1) is 14.4. The standard InChI is InChI=1S/C11H23NO3/c1-3-5-6-7-10(15)12-11(4-2,8-13)9-14/h13-14H,3-9H2,1-2H3,(H,12,15). The number of hydrogen-bond acceptors (Lipinski definition) is 3. The van der Waals surface area contributed by atoms with Crippen LogP contribution in [-0.4, -0.2) is 34.9 Å². The normalized spacial score (nSPS) is 11.5. The molecule has 3 N–H and O–H groups in total. The maximum Gasteiger partial charge on any atom is 0.220 e. The van der Waals surface area contributed by atoms with E-state index in [4.69, 9.17) is 10.2 Å². The van der Waals surface area contributed by atoms with Gasteiger partial charge in [-0.2, -0.15) is 0 Å². The minimum atomic E-state index is -0.844. The number of carbonyl (C=O) groups is 1. The highest BCUT2D eigenvalue weighted by Crippen LogP contribution is 2.09. The molecule has 0 atom stereocenters. The van der Waals surface area contributed by atoms with Crippen LogP contribution in [0, 0.1) is 0 Å². The Morgan fingerprint density at radius 1 is 1.20 bits per heavy atom. The molecular formula is C11H23NO3. The predicted octanol–water partition coefficient (Wildman–Crippen LogP) is 0.816. The summed E-state index contributed by atoms with van der Waals surface area (Å²) in [5.41, 5.74) is -0.844. The Bertz CT molecular complexity index is 170. The van der Waals surface area contributed by atoms with Gasteiger partial charge in [0.1, 0.15) is 0 Å². The van der Waals surface area contributed by atoms with E-state index in [1.165, 1.54) is 0 Å². The number of unbranched alkanes of at least 4 members (excludes halogenated alkanes) is 2. The third-order valence-corrected chi connectivity index (χ3v) is 2.69. The van der Waals surface area contributed by atoms with Crippen LogP contribution < -0.4 is 5.32 Å². The van der Waals surface area contributed by atoms with Gasteiger partial charge in [-0.1, -0.05) is 26.7 Å². The highest BCUT2D eigenvalue weighted by atomic mass is 16.3. The first-order valence-electron chi connectivity index (χ1n) is 5.67. The number of nitrogens with one attached hydrogen (secondary N) is 1. The van der Waals surface area contributed by atoms with Crippen LogP contribution in [0.25, 0.3) is 0 Å². The molecule has 0 aromatic heterocycles. The molecule has 0 radical (unpaired) electrons. The zero-order chi connectivity index (χ0) is 11.7. The van der Waals surface area contributed by atoms with E-state index in [-0.39, 0.29) is 19.1 Å². The van der Waals surface area contributed by atoms with Gasteiger partial charge in [0.15, 0.2) is 0 Å². The summed E-state index contributed by atoms with van der Waals surface area (Å²) < 4.78 is 0. The Morgan fingerprint density at radius 3 is 2.20 bits per heavy atom. The van der Waals surface area contributed by atoms with Crippen LogP contribution in [0.1, 0.15) is 46.0 Å². The molecule has 90 valence electrons. The van der Waals surface area contributed by atoms with Crippen molar-refractivity contribution in [2.45, 2.75) is 51.5 Å². The van der Waals surface area contributed by atoms with Gasteiger partial charge < -0.3 is 15.5 Å². The van der Waals surface area contributed by atoms with E-state index in [2.05, 4.69) is 12.2 Å². The Balaban J connectivity index is 4.00. The summed E-state index contributed by atoms with van der Waals surface area (Å²) in [6.45, 7) is 3.47. The minimum absolute atomic E-state index is 0.0894. The molecule has 4 heteroatoms. The van der Waals surface area contributed by atoms with Crippen LogP contribution in [0.3, 0.4) is 0 Å².